The van der Waals surface area contributed by atoms with E-state index in [1.54, 1.807) is 26.8 Å². The van der Waals surface area contributed by atoms with Crippen LogP contribution in [0.15, 0.2) is 40.8 Å². The molecule has 2 rings (SSSR count). The van der Waals surface area contributed by atoms with E-state index in [1.165, 1.54) is 0 Å². The fourth-order valence-corrected chi connectivity index (χ4v) is 2.45. The van der Waals surface area contributed by atoms with Gasteiger partial charge in [0.05, 0.1) is 12.1 Å². The summed E-state index contributed by atoms with van der Waals surface area (Å²) in [7, 11) is 0. The number of benzene rings is 1. The predicted molar refractivity (Wildman–Crippen MR) is 95.6 cm³/mol. The van der Waals surface area contributed by atoms with Gasteiger partial charge >= 0.3 is 5.97 Å². The van der Waals surface area contributed by atoms with Gasteiger partial charge in [-0.2, -0.15) is 0 Å². The average molecular weight is 358 g/mol. The van der Waals surface area contributed by atoms with Crippen molar-refractivity contribution in [2.45, 2.75) is 26.8 Å². The molecule has 3 N–H and O–H groups in total. The van der Waals surface area contributed by atoms with Crippen LogP contribution in [0.3, 0.4) is 0 Å². The van der Waals surface area contributed by atoms with E-state index in [9.17, 15) is 14.4 Å². The third kappa shape index (κ3) is 4.72. The lowest BCUT2D eigenvalue weighted by Crippen LogP contribution is -2.48. The second kappa shape index (κ2) is 8.33. The number of furan rings is 1. The number of carboxylic acids is 1. The summed E-state index contributed by atoms with van der Waals surface area (Å²) >= 11 is 0. The average Bonchev–Trinajstić information content (AvgIpc) is 2.99. The van der Waals surface area contributed by atoms with Crippen LogP contribution in [0.2, 0.25) is 0 Å². The fraction of sp³-hybridized carbons (Fsp3) is 0.316. The number of aryl methyl sites for hydroxylation is 1. The van der Waals surface area contributed by atoms with E-state index in [2.05, 4.69) is 10.6 Å². The molecule has 2 amide bonds. The number of hydrogen-bond acceptors (Lipinski definition) is 4. The lowest BCUT2D eigenvalue weighted by Gasteiger charge is -2.17. The van der Waals surface area contributed by atoms with Crippen molar-refractivity contribution in [2.75, 3.05) is 6.54 Å². The standard InChI is InChI=1S/C19H22N2O5/c1-11(2)17(19(24)25)21-16(22)10-20-18(23)14-9-15(26-12(14)3)13-7-5-4-6-8-13/h4-9,11,17H,10H2,1-3H3,(H,20,23)(H,21,22)(H,24,25)/t17-/m0/s1. The maximum Gasteiger partial charge on any atom is 0.326 e. The Labute approximate surface area is 151 Å². The van der Waals surface area contributed by atoms with Crippen LogP contribution >= 0.6 is 0 Å². The van der Waals surface area contributed by atoms with E-state index in [4.69, 9.17) is 9.52 Å². The number of carbonyl (C=O) groups excluding carboxylic acids is 2. The molecule has 0 fully saturated rings. The largest absolute Gasteiger partial charge is 0.480 e. The molecule has 0 spiro atoms. The van der Waals surface area contributed by atoms with Crippen LogP contribution in [0.5, 0.6) is 0 Å². The number of carboxylic acid groups (broad SMARTS) is 1. The first-order valence-electron chi connectivity index (χ1n) is 8.25. The Hall–Kier alpha value is -3.09. The quantitative estimate of drug-likeness (QED) is 0.703. The SMILES string of the molecule is Cc1oc(-c2ccccc2)cc1C(=O)NCC(=O)N[C@H](C(=O)O)C(C)C. The first kappa shape index (κ1) is 19.2. The highest BCUT2D eigenvalue weighted by Gasteiger charge is 2.24. The number of rotatable bonds is 7. The molecule has 0 saturated heterocycles. The zero-order chi connectivity index (χ0) is 19.3. The topological polar surface area (TPSA) is 109 Å². The van der Waals surface area contributed by atoms with Gasteiger partial charge in [-0.05, 0) is 18.9 Å². The molecular weight excluding hydrogens is 336 g/mol. The van der Waals surface area contributed by atoms with Gasteiger partial charge in [0.1, 0.15) is 17.6 Å². The lowest BCUT2D eigenvalue weighted by atomic mass is 10.1. The Balaban J connectivity index is 1.99. The summed E-state index contributed by atoms with van der Waals surface area (Å²) in [6.07, 6.45) is 0. The zero-order valence-electron chi connectivity index (χ0n) is 14.9. The first-order valence-corrected chi connectivity index (χ1v) is 8.25. The Morgan fingerprint density at radius 3 is 2.38 bits per heavy atom. The van der Waals surface area contributed by atoms with Gasteiger partial charge in [-0.3, -0.25) is 9.59 Å². The second-order valence-electron chi connectivity index (χ2n) is 6.26. The molecule has 7 nitrogen and oxygen atoms in total. The predicted octanol–water partition coefficient (Wildman–Crippen LogP) is 2.21. The summed E-state index contributed by atoms with van der Waals surface area (Å²) in [6.45, 7) is 4.73. The smallest absolute Gasteiger partial charge is 0.326 e. The van der Waals surface area contributed by atoms with Gasteiger partial charge < -0.3 is 20.2 Å². The van der Waals surface area contributed by atoms with Crippen LogP contribution in [0.4, 0.5) is 0 Å². The minimum Gasteiger partial charge on any atom is -0.480 e. The van der Waals surface area contributed by atoms with Crippen LogP contribution in [0.25, 0.3) is 11.3 Å². The molecule has 0 bridgehead atoms. The van der Waals surface area contributed by atoms with Gasteiger partial charge in [0.25, 0.3) is 5.91 Å². The fourth-order valence-electron chi connectivity index (χ4n) is 2.45. The Kier molecular flexibility index (Phi) is 6.16. The summed E-state index contributed by atoms with van der Waals surface area (Å²) < 4.78 is 5.62. The maximum atomic E-state index is 12.3. The van der Waals surface area contributed by atoms with Gasteiger partial charge in [0.2, 0.25) is 5.91 Å². The first-order chi connectivity index (χ1) is 12.3. The number of amides is 2. The molecule has 1 aromatic heterocycles. The molecule has 1 heterocycles. The highest BCUT2D eigenvalue weighted by molar-refractivity contribution is 5.98. The van der Waals surface area contributed by atoms with Crippen molar-refractivity contribution < 1.29 is 23.9 Å². The van der Waals surface area contributed by atoms with Crippen molar-refractivity contribution in [1.82, 2.24) is 10.6 Å². The molecular formula is C19H22N2O5. The summed E-state index contributed by atoms with van der Waals surface area (Å²) in [5.74, 6) is -1.41. The van der Waals surface area contributed by atoms with Crippen LogP contribution < -0.4 is 10.6 Å². The molecule has 0 unspecified atom stereocenters. The minimum absolute atomic E-state index is 0.267. The van der Waals surface area contributed by atoms with E-state index in [0.717, 1.165) is 5.56 Å². The number of aliphatic carboxylic acids is 1. The molecule has 0 aliphatic carbocycles. The van der Waals surface area contributed by atoms with Crippen LogP contribution in [0.1, 0.15) is 30.0 Å². The summed E-state index contributed by atoms with van der Waals surface area (Å²) in [5, 5.41) is 14.0. The molecule has 0 saturated carbocycles. The molecule has 1 aromatic carbocycles. The van der Waals surface area contributed by atoms with Crippen molar-refractivity contribution in [2.24, 2.45) is 5.92 Å². The molecule has 7 heteroatoms. The molecule has 138 valence electrons. The third-order valence-corrected chi connectivity index (χ3v) is 3.88. The Morgan fingerprint density at radius 1 is 1.15 bits per heavy atom. The normalized spacial score (nSPS) is 11.8. The molecule has 2 aromatic rings. The molecule has 0 aliphatic heterocycles. The molecule has 26 heavy (non-hydrogen) atoms. The molecule has 0 aliphatic rings. The van der Waals surface area contributed by atoms with Crippen molar-refractivity contribution in [1.29, 1.82) is 0 Å². The van der Waals surface area contributed by atoms with Crippen molar-refractivity contribution in [3.63, 3.8) is 0 Å². The van der Waals surface area contributed by atoms with Crippen molar-refractivity contribution in [3.05, 3.63) is 47.7 Å². The lowest BCUT2D eigenvalue weighted by molar-refractivity contribution is -0.142. The van der Waals surface area contributed by atoms with Crippen molar-refractivity contribution in [3.8, 4) is 11.3 Å². The van der Waals surface area contributed by atoms with Crippen LogP contribution in [0, 0.1) is 12.8 Å². The van der Waals surface area contributed by atoms with E-state index >= 15 is 0 Å². The van der Waals surface area contributed by atoms with Gasteiger partial charge in [-0.1, -0.05) is 44.2 Å². The Bertz CT molecular complexity index is 796. The molecule has 0 radical (unpaired) electrons. The van der Waals surface area contributed by atoms with E-state index in [0.29, 0.717) is 17.1 Å². The van der Waals surface area contributed by atoms with Gasteiger partial charge in [0, 0.05) is 5.56 Å². The summed E-state index contributed by atoms with van der Waals surface area (Å²) in [5.41, 5.74) is 1.17. The summed E-state index contributed by atoms with van der Waals surface area (Å²) in [4.78, 5) is 35.3. The maximum absolute atomic E-state index is 12.3. The van der Waals surface area contributed by atoms with E-state index in [1.807, 2.05) is 30.3 Å². The molecule has 1 atom stereocenters. The van der Waals surface area contributed by atoms with Crippen LogP contribution in [-0.2, 0) is 9.59 Å². The number of hydrogen-bond donors (Lipinski definition) is 3. The van der Waals surface area contributed by atoms with Gasteiger partial charge in [-0.25, -0.2) is 4.79 Å². The minimum atomic E-state index is -1.11. The van der Waals surface area contributed by atoms with Gasteiger partial charge in [-0.15, -0.1) is 0 Å². The number of carbonyl (C=O) groups is 3. The van der Waals surface area contributed by atoms with Crippen molar-refractivity contribution >= 4 is 17.8 Å². The third-order valence-electron chi connectivity index (χ3n) is 3.88. The highest BCUT2D eigenvalue weighted by Crippen LogP contribution is 2.25. The number of nitrogens with one attached hydrogen (secondary N) is 2. The monoisotopic (exact) mass is 358 g/mol. The second-order valence-corrected chi connectivity index (χ2v) is 6.26. The highest BCUT2D eigenvalue weighted by atomic mass is 16.4. The summed E-state index contributed by atoms with van der Waals surface area (Å²) in [6, 6.07) is 9.96. The zero-order valence-corrected chi connectivity index (χ0v) is 14.9. The van der Waals surface area contributed by atoms with Gasteiger partial charge in [0.15, 0.2) is 0 Å². The van der Waals surface area contributed by atoms with E-state index in [-0.39, 0.29) is 12.5 Å². The van der Waals surface area contributed by atoms with Crippen LogP contribution in [-0.4, -0.2) is 35.5 Å². The van der Waals surface area contributed by atoms with E-state index < -0.39 is 23.8 Å². The Morgan fingerprint density at radius 2 is 1.81 bits per heavy atom.